The zero-order valence-corrected chi connectivity index (χ0v) is 7.09. The molecule has 1 nitrogen and oxygen atoms in total. The minimum absolute atomic E-state index is 0.766. The van der Waals surface area contributed by atoms with E-state index in [0.717, 1.165) is 12.5 Å². The van der Waals surface area contributed by atoms with Gasteiger partial charge >= 0.3 is 0 Å². The molecule has 1 heterocycles. The molecule has 0 amide bonds. The number of rotatable bonds is 0. The third-order valence-electron chi connectivity index (χ3n) is 2.28. The molecule has 1 saturated carbocycles. The third kappa shape index (κ3) is 1.12. The SMILES string of the molecule is CC=C=C1CN(C)C=C2CC12. The van der Waals surface area contributed by atoms with Crippen LogP contribution in [0.1, 0.15) is 13.3 Å². The van der Waals surface area contributed by atoms with E-state index in [1.807, 2.05) is 13.0 Å². The maximum absolute atomic E-state index is 3.32. The summed E-state index contributed by atoms with van der Waals surface area (Å²) in [6.45, 7) is 3.10. The van der Waals surface area contributed by atoms with Crippen molar-refractivity contribution in [2.24, 2.45) is 5.92 Å². The zero-order valence-electron chi connectivity index (χ0n) is 7.09. The molecule has 11 heavy (non-hydrogen) atoms. The number of likely N-dealkylation sites (N-methyl/N-ethyl adjacent to an activating group) is 1. The summed E-state index contributed by atoms with van der Waals surface area (Å²) < 4.78 is 0. The Morgan fingerprint density at radius 1 is 1.73 bits per heavy atom. The highest BCUT2D eigenvalue weighted by molar-refractivity contribution is 5.38. The van der Waals surface area contributed by atoms with Gasteiger partial charge in [-0.15, -0.1) is 5.73 Å². The minimum Gasteiger partial charge on any atom is -0.376 e. The van der Waals surface area contributed by atoms with Crippen molar-refractivity contribution < 1.29 is 0 Å². The quantitative estimate of drug-likeness (QED) is 0.473. The molecule has 0 aromatic carbocycles. The lowest BCUT2D eigenvalue weighted by Crippen LogP contribution is -2.17. The summed E-state index contributed by atoms with van der Waals surface area (Å²) in [6, 6.07) is 0. The molecule has 1 unspecified atom stereocenters. The van der Waals surface area contributed by atoms with E-state index in [4.69, 9.17) is 0 Å². The van der Waals surface area contributed by atoms with E-state index in [0.29, 0.717) is 0 Å². The number of allylic oxidation sites excluding steroid dienone is 1. The maximum Gasteiger partial charge on any atom is 0.0461 e. The summed E-state index contributed by atoms with van der Waals surface area (Å²) in [4.78, 5) is 2.24. The minimum atomic E-state index is 0.766. The molecule has 1 fully saturated rings. The van der Waals surface area contributed by atoms with Gasteiger partial charge < -0.3 is 4.90 Å². The lowest BCUT2D eigenvalue weighted by Gasteiger charge is -2.18. The monoisotopic (exact) mass is 147 g/mol. The average molecular weight is 147 g/mol. The predicted molar refractivity (Wildman–Crippen MR) is 46.1 cm³/mol. The van der Waals surface area contributed by atoms with Gasteiger partial charge in [0, 0.05) is 19.5 Å². The van der Waals surface area contributed by atoms with Crippen LogP contribution in [-0.2, 0) is 0 Å². The smallest absolute Gasteiger partial charge is 0.0461 e. The molecule has 1 heteroatoms. The third-order valence-corrected chi connectivity index (χ3v) is 2.28. The highest BCUT2D eigenvalue weighted by Gasteiger charge is 2.36. The maximum atomic E-state index is 3.32. The molecule has 1 aliphatic heterocycles. The number of hydrogen-bond donors (Lipinski definition) is 0. The molecule has 2 aliphatic rings. The van der Waals surface area contributed by atoms with Crippen LogP contribution in [0.15, 0.2) is 29.2 Å². The Bertz CT molecular complexity index is 267. The lowest BCUT2D eigenvalue weighted by atomic mass is 10.1. The Morgan fingerprint density at radius 2 is 2.55 bits per heavy atom. The highest BCUT2D eigenvalue weighted by atomic mass is 15.1. The zero-order chi connectivity index (χ0) is 7.84. The predicted octanol–water partition coefficient (Wildman–Crippen LogP) is 1.94. The summed E-state index contributed by atoms with van der Waals surface area (Å²) in [7, 11) is 2.12. The van der Waals surface area contributed by atoms with Crippen LogP contribution in [0, 0.1) is 5.92 Å². The van der Waals surface area contributed by atoms with Crippen LogP contribution in [-0.4, -0.2) is 18.5 Å². The van der Waals surface area contributed by atoms with E-state index >= 15 is 0 Å². The Labute approximate surface area is 67.7 Å². The van der Waals surface area contributed by atoms with Gasteiger partial charge in [0.25, 0.3) is 0 Å². The van der Waals surface area contributed by atoms with Crippen molar-refractivity contribution in [3.63, 3.8) is 0 Å². The number of hydrogen-bond acceptors (Lipinski definition) is 1. The summed E-state index contributed by atoms with van der Waals surface area (Å²) >= 11 is 0. The van der Waals surface area contributed by atoms with Crippen LogP contribution in [0.25, 0.3) is 0 Å². The Morgan fingerprint density at radius 3 is 3.27 bits per heavy atom. The fourth-order valence-corrected chi connectivity index (χ4v) is 1.71. The van der Waals surface area contributed by atoms with Crippen LogP contribution < -0.4 is 0 Å². The van der Waals surface area contributed by atoms with Crippen LogP contribution in [0.5, 0.6) is 0 Å². The molecule has 0 spiro atoms. The fourth-order valence-electron chi connectivity index (χ4n) is 1.71. The van der Waals surface area contributed by atoms with Crippen molar-refractivity contribution in [3.8, 4) is 0 Å². The molecule has 0 N–H and O–H groups in total. The van der Waals surface area contributed by atoms with Gasteiger partial charge in [0.05, 0.1) is 0 Å². The van der Waals surface area contributed by atoms with E-state index in [2.05, 4.69) is 23.9 Å². The second-order valence-corrected chi connectivity index (χ2v) is 3.33. The Balaban J connectivity index is 2.29. The standard InChI is InChI=1S/C10H13N/c1-3-4-8-6-11(2)7-9-5-10(8)9/h3,7,10H,5-6H2,1-2H3. The molecular formula is C10H13N. The van der Waals surface area contributed by atoms with Crippen LogP contribution in [0.4, 0.5) is 0 Å². The van der Waals surface area contributed by atoms with Crippen molar-refractivity contribution in [1.82, 2.24) is 4.90 Å². The topological polar surface area (TPSA) is 3.24 Å². The first kappa shape index (κ1) is 6.75. The van der Waals surface area contributed by atoms with Crippen molar-refractivity contribution in [2.45, 2.75) is 13.3 Å². The van der Waals surface area contributed by atoms with E-state index < -0.39 is 0 Å². The van der Waals surface area contributed by atoms with Crippen molar-refractivity contribution in [1.29, 1.82) is 0 Å². The molecule has 0 saturated heterocycles. The normalized spacial score (nSPS) is 27.1. The number of fused-ring (bicyclic) bond motifs is 1. The van der Waals surface area contributed by atoms with Gasteiger partial charge in [0.2, 0.25) is 0 Å². The molecule has 0 aromatic rings. The van der Waals surface area contributed by atoms with Crippen molar-refractivity contribution >= 4 is 0 Å². The van der Waals surface area contributed by atoms with Crippen molar-refractivity contribution in [2.75, 3.05) is 13.6 Å². The molecule has 0 aromatic heterocycles. The number of nitrogens with zero attached hydrogens (tertiary/aromatic N) is 1. The molecule has 58 valence electrons. The van der Waals surface area contributed by atoms with Crippen LogP contribution >= 0.6 is 0 Å². The second-order valence-electron chi connectivity index (χ2n) is 3.33. The largest absolute Gasteiger partial charge is 0.376 e. The molecule has 2 rings (SSSR count). The summed E-state index contributed by atoms with van der Waals surface area (Å²) in [5.74, 6) is 0.766. The van der Waals surface area contributed by atoms with E-state index in [1.165, 1.54) is 12.0 Å². The first-order chi connectivity index (χ1) is 5.31. The fraction of sp³-hybridized carbons (Fsp3) is 0.500. The van der Waals surface area contributed by atoms with E-state index in [9.17, 15) is 0 Å². The van der Waals surface area contributed by atoms with Gasteiger partial charge in [-0.3, -0.25) is 0 Å². The molecule has 1 atom stereocenters. The molecular weight excluding hydrogens is 134 g/mol. The first-order valence-corrected chi connectivity index (χ1v) is 4.12. The van der Waals surface area contributed by atoms with E-state index in [1.54, 1.807) is 5.57 Å². The average Bonchev–Trinajstić information content (AvgIpc) is 2.66. The van der Waals surface area contributed by atoms with Crippen LogP contribution in [0.2, 0.25) is 0 Å². The van der Waals surface area contributed by atoms with Crippen molar-refractivity contribution in [3.05, 3.63) is 29.2 Å². The molecule has 1 aliphatic carbocycles. The summed E-state index contributed by atoms with van der Waals surface area (Å²) in [6.07, 6.45) is 5.57. The Kier molecular flexibility index (Phi) is 1.40. The first-order valence-electron chi connectivity index (χ1n) is 4.12. The van der Waals surface area contributed by atoms with Gasteiger partial charge in [0.15, 0.2) is 0 Å². The summed E-state index contributed by atoms with van der Waals surface area (Å²) in [5, 5.41) is 0. The van der Waals surface area contributed by atoms with Gasteiger partial charge in [-0.2, -0.15) is 0 Å². The molecule has 0 bridgehead atoms. The van der Waals surface area contributed by atoms with Gasteiger partial charge in [-0.05, 0) is 36.8 Å². The van der Waals surface area contributed by atoms with Crippen LogP contribution in [0.3, 0.4) is 0 Å². The van der Waals surface area contributed by atoms with Gasteiger partial charge in [-0.1, -0.05) is 0 Å². The van der Waals surface area contributed by atoms with E-state index in [-0.39, 0.29) is 0 Å². The summed E-state index contributed by atoms with van der Waals surface area (Å²) in [5.41, 5.74) is 6.37. The second kappa shape index (κ2) is 2.28. The molecule has 0 radical (unpaired) electrons. The van der Waals surface area contributed by atoms with Gasteiger partial charge in [0.1, 0.15) is 0 Å². The van der Waals surface area contributed by atoms with Gasteiger partial charge in [-0.25, -0.2) is 0 Å². The lowest BCUT2D eigenvalue weighted by molar-refractivity contribution is 0.475. The highest BCUT2D eigenvalue weighted by Crippen LogP contribution is 2.45. The Hall–Kier alpha value is -0.940.